The van der Waals surface area contributed by atoms with E-state index in [1.54, 1.807) is 38.7 Å². The van der Waals surface area contributed by atoms with Crippen LogP contribution in [0.25, 0.3) is 28.5 Å². The number of benzene rings is 2. The Balaban J connectivity index is 1.41. The molecule has 0 unspecified atom stereocenters. The molecule has 2 aromatic carbocycles. The Bertz CT molecular complexity index is 1430. The Morgan fingerprint density at radius 2 is 1.60 bits per heavy atom. The molecule has 5 rings (SSSR count). The predicted molar refractivity (Wildman–Crippen MR) is 132 cm³/mol. The van der Waals surface area contributed by atoms with E-state index in [1.165, 1.54) is 17.3 Å². The van der Waals surface area contributed by atoms with Crippen molar-refractivity contribution in [1.29, 1.82) is 0 Å². The summed E-state index contributed by atoms with van der Waals surface area (Å²) < 4.78 is 18.6. The number of rotatable bonds is 8. The van der Waals surface area contributed by atoms with Crippen LogP contribution in [-0.4, -0.2) is 44.2 Å². The second-order valence-electron chi connectivity index (χ2n) is 7.57. The maximum Gasteiger partial charge on any atom is 0.247 e. The van der Waals surface area contributed by atoms with Gasteiger partial charge in [-0.2, -0.15) is 0 Å². The SMILES string of the molecule is COc1ccc(-c2nnc(CSc3nnc(-c4ccncc4)n3-c3ccc(C)cc3)o2)cc1OC. The molecule has 0 radical (unpaired) electrons. The highest BCUT2D eigenvalue weighted by Crippen LogP contribution is 2.33. The lowest BCUT2D eigenvalue weighted by atomic mass is 10.2. The Morgan fingerprint density at radius 3 is 2.34 bits per heavy atom. The van der Waals surface area contributed by atoms with Gasteiger partial charge in [-0.15, -0.1) is 20.4 Å². The van der Waals surface area contributed by atoms with Crippen molar-refractivity contribution in [1.82, 2.24) is 29.9 Å². The van der Waals surface area contributed by atoms with E-state index in [0.29, 0.717) is 34.2 Å². The average molecular weight is 487 g/mol. The van der Waals surface area contributed by atoms with Crippen LogP contribution in [0.1, 0.15) is 11.5 Å². The third kappa shape index (κ3) is 4.73. The summed E-state index contributed by atoms with van der Waals surface area (Å²) in [4.78, 5) is 4.11. The van der Waals surface area contributed by atoms with E-state index >= 15 is 0 Å². The fourth-order valence-corrected chi connectivity index (χ4v) is 4.29. The zero-order chi connectivity index (χ0) is 24.2. The maximum atomic E-state index is 5.91. The summed E-state index contributed by atoms with van der Waals surface area (Å²) >= 11 is 1.47. The molecule has 35 heavy (non-hydrogen) atoms. The molecule has 0 saturated carbocycles. The lowest BCUT2D eigenvalue weighted by Crippen LogP contribution is -2.00. The smallest absolute Gasteiger partial charge is 0.247 e. The Morgan fingerprint density at radius 1 is 0.829 bits per heavy atom. The molecule has 10 heteroatoms. The van der Waals surface area contributed by atoms with Gasteiger partial charge in [-0.25, -0.2) is 0 Å². The van der Waals surface area contributed by atoms with Crippen molar-refractivity contribution in [2.45, 2.75) is 17.8 Å². The molecule has 0 atom stereocenters. The van der Waals surface area contributed by atoms with Gasteiger partial charge >= 0.3 is 0 Å². The van der Waals surface area contributed by atoms with Gasteiger partial charge in [0, 0.05) is 29.2 Å². The number of ether oxygens (including phenoxy) is 2. The predicted octanol–water partition coefficient (Wildman–Crippen LogP) is 5.00. The van der Waals surface area contributed by atoms with Crippen molar-refractivity contribution >= 4 is 11.8 Å². The summed E-state index contributed by atoms with van der Waals surface area (Å²) in [7, 11) is 3.18. The minimum atomic E-state index is 0.402. The second-order valence-corrected chi connectivity index (χ2v) is 8.51. The van der Waals surface area contributed by atoms with Crippen molar-refractivity contribution in [3.8, 4) is 40.0 Å². The number of thioether (sulfide) groups is 1. The summed E-state index contributed by atoms with van der Waals surface area (Å²) in [6.07, 6.45) is 3.48. The normalized spacial score (nSPS) is 10.9. The van der Waals surface area contributed by atoms with Crippen LogP contribution in [0.2, 0.25) is 0 Å². The van der Waals surface area contributed by atoms with Crippen LogP contribution in [0.3, 0.4) is 0 Å². The van der Waals surface area contributed by atoms with Crippen LogP contribution in [0.4, 0.5) is 0 Å². The summed E-state index contributed by atoms with van der Waals surface area (Å²) in [5.74, 6) is 3.26. The summed E-state index contributed by atoms with van der Waals surface area (Å²) in [5, 5.41) is 18.0. The van der Waals surface area contributed by atoms with Gasteiger partial charge in [0.05, 0.1) is 20.0 Å². The van der Waals surface area contributed by atoms with Crippen molar-refractivity contribution in [2.75, 3.05) is 14.2 Å². The molecular weight excluding hydrogens is 464 g/mol. The van der Waals surface area contributed by atoms with Gasteiger partial charge in [0.1, 0.15) is 0 Å². The minimum absolute atomic E-state index is 0.402. The van der Waals surface area contributed by atoms with Crippen molar-refractivity contribution in [3.05, 3.63) is 78.4 Å². The van der Waals surface area contributed by atoms with E-state index in [-0.39, 0.29) is 0 Å². The fourth-order valence-electron chi connectivity index (χ4n) is 3.50. The van der Waals surface area contributed by atoms with Crippen molar-refractivity contribution in [2.24, 2.45) is 0 Å². The molecule has 176 valence electrons. The molecule has 3 heterocycles. The van der Waals surface area contributed by atoms with Crippen LogP contribution in [-0.2, 0) is 5.75 Å². The number of aromatic nitrogens is 6. The molecule has 5 aromatic rings. The highest BCUT2D eigenvalue weighted by atomic mass is 32.2. The molecule has 0 fully saturated rings. The monoisotopic (exact) mass is 486 g/mol. The Labute approximate surface area is 206 Å². The quantitative estimate of drug-likeness (QED) is 0.281. The van der Waals surface area contributed by atoms with E-state index in [9.17, 15) is 0 Å². The van der Waals surface area contributed by atoms with Crippen molar-refractivity contribution in [3.63, 3.8) is 0 Å². The molecule has 9 nitrogen and oxygen atoms in total. The molecule has 0 spiro atoms. The Hall–Kier alpha value is -4.18. The van der Waals surface area contributed by atoms with Crippen molar-refractivity contribution < 1.29 is 13.9 Å². The standard InChI is InChI=1S/C25H22N6O3S/c1-16-4-7-19(8-5-16)31-23(17-10-12-26-13-11-17)28-30-25(31)35-15-22-27-29-24(34-22)18-6-9-20(32-2)21(14-18)33-3/h4-14H,15H2,1-3H3. The largest absolute Gasteiger partial charge is 0.493 e. The van der Waals surface area contributed by atoms with E-state index in [4.69, 9.17) is 13.9 Å². The van der Waals surface area contributed by atoms with E-state index in [1.807, 2.05) is 22.8 Å². The van der Waals surface area contributed by atoms with Gasteiger partial charge < -0.3 is 13.9 Å². The molecule has 0 N–H and O–H groups in total. The number of hydrogen-bond donors (Lipinski definition) is 0. The van der Waals surface area contributed by atoms with Crippen LogP contribution >= 0.6 is 11.8 Å². The maximum absolute atomic E-state index is 5.91. The zero-order valence-corrected chi connectivity index (χ0v) is 20.2. The van der Waals surface area contributed by atoms with Crippen LogP contribution < -0.4 is 9.47 Å². The lowest BCUT2D eigenvalue weighted by Gasteiger charge is -2.10. The first-order valence-electron chi connectivity index (χ1n) is 10.8. The van der Waals surface area contributed by atoms with Crippen LogP contribution in [0.15, 0.2) is 76.6 Å². The lowest BCUT2D eigenvalue weighted by molar-refractivity contribution is 0.355. The molecule has 0 bridgehead atoms. The minimum Gasteiger partial charge on any atom is -0.493 e. The van der Waals surface area contributed by atoms with E-state index in [0.717, 1.165) is 22.6 Å². The number of hydrogen-bond acceptors (Lipinski definition) is 9. The van der Waals surface area contributed by atoms with Gasteiger partial charge in [0.25, 0.3) is 0 Å². The van der Waals surface area contributed by atoms with Crippen LogP contribution in [0.5, 0.6) is 11.5 Å². The van der Waals surface area contributed by atoms with Gasteiger partial charge in [0.15, 0.2) is 22.5 Å². The molecule has 0 aliphatic heterocycles. The molecule has 0 aliphatic rings. The van der Waals surface area contributed by atoms with E-state index < -0.39 is 0 Å². The molecule has 0 amide bonds. The van der Waals surface area contributed by atoms with Crippen LogP contribution in [0, 0.1) is 6.92 Å². The highest BCUT2D eigenvalue weighted by molar-refractivity contribution is 7.98. The van der Waals surface area contributed by atoms with Gasteiger partial charge in [-0.1, -0.05) is 29.5 Å². The topological polar surface area (TPSA) is 101 Å². The number of pyridine rings is 1. The number of nitrogens with zero attached hydrogens (tertiary/aromatic N) is 6. The first-order chi connectivity index (χ1) is 17.2. The third-order valence-electron chi connectivity index (χ3n) is 5.29. The van der Waals surface area contributed by atoms with E-state index in [2.05, 4.69) is 56.6 Å². The molecule has 3 aromatic heterocycles. The number of aryl methyl sites for hydroxylation is 1. The second kappa shape index (κ2) is 9.98. The van der Waals surface area contributed by atoms with Gasteiger partial charge in [0.2, 0.25) is 11.8 Å². The van der Waals surface area contributed by atoms with Gasteiger partial charge in [-0.05, 0) is 49.4 Å². The molecular formula is C25H22N6O3S. The first-order valence-corrected chi connectivity index (χ1v) is 11.8. The molecule has 0 saturated heterocycles. The highest BCUT2D eigenvalue weighted by Gasteiger charge is 2.18. The summed E-state index contributed by atoms with van der Waals surface area (Å²) in [5.41, 5.74) is 3.81. The first kappa shape index (κ1) is 22.6. The fraction of sp³-hybridized carbons (Fsp3) is 0.160. The molecule has 0 aliphatic carbocycles. The average Bonchev–Trinajstić information content (AvgIpc) is 3.55. The summed E-state index contributed by atoms with van der Waals surface area (Å²) in [6.45, 7) is 2.06. The number of methoxy groups -OCH3 is 2. The zero-order valence-electron chi connectivity index (χ0n) is 19.4. The Kier molecular flexibility index (Phi) is 6.44. The van der Waals surface area contributed by atoms with Gasteiger partial charge in [-0.3, -0.25) is 9.55 Å². The third-order valence-corrected chi connectivity index (χ3v) is 6.20. The summed E-state index contributed by atoms with van der Waals surface area (Å²) in [6, 6.07) is 17.5.